The minimum atomic E-state index is -0.153. The van der Waals surface area contributed by atoms with Crippen molar-refractivity contribution in [2.24, 2.45) is 7.05 Å². The number of hydrogen-bond acceptors (Lipinski definition) is 6. The standard InChI is InChI=1S/C26H27N5O2/c1-31-24(32)17-23(18-11-14-27-15-12-18)30-26(31)33-16-6-13-28-25-19-7-2-4-9-21(19)29-22-10-5-3-8-20(22)25/h2,4,7,9,11-12,14-15,17H,3,5-6,8,10,13,16H2,1H3,(H,28,29). The van der Waals surface area contributed by atoms with Gasteiger partial charge in [-0.25, -0.2) is 0 Å². The Balaban J connectivity index is 1.27. The molecule has 1 N–H and O–H groups in total. The molecule has 0 aliphatic heterocycles. The van der Waals surface area contributed by atoms with Gasteiger partial charge in [0.25, 0.3) is 11.6 Å². The molecule has 0 radical (unpaired) electrons. The van der Waals surface area contributed by atoms with Crippen LogP contribution in [-0.4, -0.2) is 32.7 Å². The van der Waals surface area contributed by atoms with Crippen LogP contribution < -0.4 is 15.6 Å². The summed E-state index contributed by atoms with van der Waals surface area (Å²) in [4.78, 5) is 25.8. The number of nitrogens with one attached hydrogen (secondary N) is 1. The topological polar surface area (TPSA) is 81.9 Å². The molecule has 0 spiro atoms. The third-order valence-corrected chi connectivity index (χ3v) is 6.09. The molecular formula is C26H27N5O2. The molecule has 7 nitrogen and oxygen atoms in total. The van der Waals surface area contributed by atoms with Crippen molar-refractivity contribution in [2.45, 2.75) is 32.1 Å². The number of aromatic nitrogens is 4. The van der Waals surface area contributed by atoms with Gasteiger partial charge in [-0.15, -0.1) is 0 Å². The quantitative estimate of drug-likeness (QED) is 0.434. The lowest BCUT2D eigenvalue weighted by atomic mass is 9.92. The summed E-state index contributed by atoms with van der Waals surface area (Å²) in [5.74, 6) is 0. The van der Waals surface area contributed by atoms with Crippen LogP contribution in [0.3, 0.4) is 0 Å². The number of rotatable bonds is 7. The first kappa shape index (κ1) is 21.1. The Morgan fingerprint density at radius 1 is 1.06 bits per heavy atom. The predicted molar refractivity (Wildman–Crippen MR) is 130 cm³/mol. The van der Waals surface area contributed by atoms with E-state index in [-0.39, 0.29) is 5.56 Å². The van der Waals surface area contributed by atoms with E-state index in [0.29, 0.717) is 18.3 Å². The number of nitrogens with zero attached hydrogens (tertiary/aromatic N) is 4. The van der Waals surface area contributed by atoms with E-state index < -0.39 is 0 Å². The highest BCUT2D eigenvalue weighted by molar-refractivity contribution is 5.93. The van der Waals surface area contributed by atoms with Crippen LogP contribution in [0.5, 0.6) is 6.01 Å². The molecule has 7 heteroatoms. The summed E-state index contributed by atoms with van der Waals surface area (Å²) in [5, 5.41) is 4.82. The lowest BCUT2D eigenvalue weighted by molar-refractivity contribution is 0.275. The van der Waals surface area contributed by atoms with Crippen LogP contribution in [0.1, 0.15) is 30.5 Å². The lowest BCUT2D eigenvalue weighted by Gasteiger charge is -2.21. The molecule has 168 valence electrons. The first-order valence-electron chi connectivity index (χ1n) is 11.5. The fourth-order valence-corrected chi connectivity index (χ4v) is 4.34. The van der Waals surface area contributed by atoms with Gasteiger partial charge in [-0.1, -0.05) is 18.2 Å². The number of benzene rings is 1. The van der Waals surface area contributed by atoms with Crippen molar-refractivity contribution < 1.29 is 4.74 Å². The maximum absolute atomic E-state index is 12.4. The molecule has 3 aromatic heterocycles. The van der Waals surface area contributed by atoms with Crippen molar-refractivity contribution in [1.29, 1.82) is 0 Å². The smallest absolute Gasteiger partial charge is 0.299 e. The van der Waals surface area contributed by atoms with Crippen LogP contribution in [-0.2, 0) is 19.9 Å². The van der Waals surface area contributed by atoms with Gasteiger partial charge in [-0.2, -0.15) is 4.98 Å². The van der Waals surface area contributed by atoms with Gasteiger partial charge in [0, 0.05) is 54.4 Å². The molecule has 0 atom stereocenters. The third-order valence-electron chi connectivity index (χ3n) is 6.09. The highest BCUT2D eigenvalue weighted by atomic mass is 16.5. The van der Waals surface area contributed by atoms with E-state index in [9.17, 15) is 4.79 Å². The molecule has 0 saturated carbocycles. The van der Waals surface area contributed by atoms with Gasteiger partial charge in [0.15, 0.2) is 0 Å². The molecule has 33 heavy (non-hydrogen) atoms. The van der Waals surface area contributed by atoms with Gasteiger partial charge in [0.05, 0.1) is 17.8 Å². The van der Waals surface area contributed by atoms with Gasteiger partial charge in [0.2, 0.25) is 0 Å². The summed E-state index contributed by atoms with van der Waals surface area (Å²) in [6.07, 6.45) is 8.67. The molecule has 0 fully saturated rings. The van der Waals surface area contributed by atoms with Crippen molar-refractivity contribution in [3.8, 4) is 17.3 Å². The van der Waals surface area contributed by atoms with Crippen molar-refractivity contribution in [1.82, 2.24) is 19.5 Å². The van der Waals surface area contributed by atoms with Crippen LogP contribution in [0.4, 0.5) is 5.69 Å². The van der Waals surface area contributed by atoms with Crippen LogP contribution in [0.25, 0.3) is 22.2 Å². The van der Waals surface area contributed by atoms with Gasteiger partial charge < -0.3 is 10.1 Å². The molecule has 3 heterocycles. The minimum absolute atomic E-state index is 0.153. The van der Waals surface area contributed by atoms with Crippen molar-refractivity contribution in [3.63, 3.8) is 0 Å². The van der Waals surface area contributed by atoms with Crippen LogP contribution in [0.2, 0.25) is 0 Å². The van der Waals surface area contributed by atoms with Crippen LogP contribution >= 0.6 is 0 Å². The van der Waals surface area contributed by atoms with Gasteiger partial charge in [-0.3, -0.25) is 19.3 Å². The first-order chi connectivity index (χ1) is 16.2. The molecule has 0 unspecified atom stereocenters. The zero-order valence-corrected chi connectivity index (χ0v) is 18.8. The number of para-hydroxylation sites is 1. The highest BCUT2D eigenvalue weighted by Crippen LogP contribution is 2.33. The second kappa shape index (κ2) is 9.40. The van der Waals surface area contributed by atoms with Crippen molar-refractivity contribution in [3.05, 3.63) is 76.5 Å². The molecule has 1 aliphatic rings. The maximum atomic E-state index is 12.4. The Kier molecular flexibility index (Phi) is 6.02. The Morgan fingerprint density at radius 3 is 2.76 bits per heavy atom. The van der Waals surface area contributed by atoms with Crippen LogP contribution in [0, 0.1) is 0 Å². The van der Waals surface area contributed by atoms with E-state index >= 15 is 0 Å². The van der Waals surface area contributed by atoms with E-state index in [0.717, 1.165) is 36.9 Å². The molecular weight excluding hydrogens is 414 g/mol. The fourth-order valence-electron chi connectivity index (χ4n) is 4.34. The molecule has 0 amide bonds. The average molecular weight is 442 g/mol. The number of aryl methyl sites for hydroxylation is 1. The Morgan fingerprint density at radius 2 is 1.88 bits per heavy atom. The van der Waals surface area contributed by atoms with Crippen LogP contribution in [0.15, 0.2) is 59.7 Å². The third kappa shape index (κ3) is 4.44. The number of ether oxygens (including phenoxy) is 1. The minimum Gasteiger partial charge on any atom is -0.465 e. The van der Waals surface area contributed by atoms with Gasteiger partial charge >= 0.3 is 0 Å². The SMILES string of the molecule is Cn1c(OCCCNc2c3c(nc4ccccc24)CCCC3)nc(-c2ccncc2)cc1=O. The normalized spacial score (nSPS) is 13.0. The van der Waals surface area contributed by atoms with Gasteiger partial charge in [-0.05, 0) is 55.9 Å². The Hall–Kier alpha value is -3.74. The maximum Gasteiger partial charge on any atom is 0.299 e. The monoisotopic (exact) mass is 441 g/mol. The highest BCUT2D eigenvalue weighted by Gasteiger charge is 2.17. The van der Waals surface area contributed by atoms with E-state index in [2.05, 4.69) is 33.5 Å². The Labute approximate surface area is 192 Å². The summed E-state index contributed by atoms with van der Waals surface area (Å²) in [6, 6.07) is 13.8. The average Bonchev–Trinajstić information content (AvgIpc) is 2.86. The molecule has 5 rings (SSSR count). The Bertz CT molecular complexity index is 1330. The summed E-state index contributed by atoms with van der Waals surface area (Å²) in [5.41, 5.74) is 6.11. The number of fused-ring (bicyclic) bond motifs is 2. The van der Waals surface area contributed by atoms with E-state index in [1.54, 1.807) is 19.4 Å². The van der Waals surface area contributed by atoms with Crippen molar-refractivity contribution in [2.75, 3.05) is 18.5 Å². The van der Waals surface area contributed by atoms with E-state index in [1.807, 2.05) is 18.2 Å². The van der Waals surface area contributed by atoms with Gasteiger partial charge in [0.1, 0.15) is 0 Å². The number of pyridine rings is 2. The second-order valence-electron chi connectivity index (χ2n) is 8.32. The number of anilines is 1. The molecule has 0 bridgehead atoms. The predicted octanol–water partition coefficient (Wildman–Crippen LogP) is 4.15. The molecule has 4 aromatic rings. The summed E-state index contributed by atoms with van der Waals surface area (Å²) >= 11 is 0. The van der Waals surface area contributed by atoms with Crippen molar-refractivity contribution >= 4 is 16.6 Å². The number of hydrogen-bond donors (Lipinski definition) is 1. The lowest BCUT2D eigenvalue weighted by Crippen LogP contribution is -2.21. The molecule has 1 aromatic carbocycles. The summed E-state index contributed by atoms with van der Waals surface area (Å²) in [6.45, 7) is 1.22. The zero-order chi connectivity index (χ0) is 22.6. The molecule has 1 aliphatic carbocycles. The molecule has 0 saturated heterocycles. The van der Waals surface area contributed by atoms with E-state index in [1.165, 1.54) is 45.8 Å². The first-order valence-corrected chi connectivity index (χ1v) is 11.5. The summed E-state index contributed by atoms with van der Waals surface area (Å²) < 4.78 is 7.34. The van der Waals surface area contributed by atoms with E-state index in [4.69, 9.17) is 9.72 Å². The largest absolute Gasteiger partial charge is 0.465 e. The summed E-state index contributed by atoms with van der Waals surface area (Å²) in [7, 11) is 1.68. The second-order valence-corrected chi connectivity index (χ2v) is 8.32. The fraction of sp³-hybridized carbons (Fsp3) is 0.308. The zero-order valence-electron chi connectivity index (χ0n) is 18.8.